The van der Waals surface area contributed by atoms with Gasteiger partial charge >= 0.3 is 0 Å². The molecule has 0 saturated carbocycles. The lowest BCUT2D eigenvalue weighted by Gasteiger charge is -1.95. The second kappa shape index (κ2) is 4.75. The molecule has 7 heteroatoms. The van der Waals surface area contributed by atoms with E-state index in [1.54, 1.807) is 13.0 Å². The van der Waals surface area contributed by atoms with E-state index in [4.69, 9.17) is 4.52 Å². The Morgan fingerprint density at radius 1 is 1.42 bits per heavy atom. The van der Waals surface area contributed by atoms with E-state index >= 15 is 0 Å². The Bertz CT molecular complexity index is 765. The van der Waals surface area contributed by atoms with Crippen molar-refractivity contribution in [3.63, 3.8) is 0 Å². The fraction of sp³-hybridized carbons (Fsp3) is 0.0833. The van der Waals surface area contributed by atoms with Gasteiger partial charge in [-0.3, -0.25) is 10.1 Å². The van der Waals surface area contributed by atoms with Crippen molar-refractivity contribution in [1.29, 1.82) is 0 Å². The van der Waals surface area contributed by atoms with E-state index in [1.807, 2.05) is 18.2 Å². The standard InChI is InChI=1S/C12H8BrN3O2S/c1-6-4-9(16-18-6)11(17)15-12-14-8-3-2-7(13)5-10(8)19-12/h2-5H,1H3,(H,14,15,17). The minimum atomic E-state index is -0.324. The summed E-state index contributed by atoms with van der Waals surface area (Å²) in [6, 6.07) is 7.35. The van der Waals surface area contributed by atoms with Gasteiger partial charge in [0.15, 0.2) is 10.8 Å². The van der Waals surface area contributed by atoms with Crippen molar-refractivity contribution in [3.05, 3.63) is 40.2 Å². The average molecular weight is 338 g/mol. The monoisotopic (exact) mass is 337 g/mol. The van der Waals surface area contributed by atoms with Gasteiger partial charge in [-0.05, 0) is 25.1 Å². The van der Waals surface area contributed by atoms with Gasteiger partial charge in [-0.15, -0.1) is 0 Å². The normalized spacial score (nSPS) is 10.8. The number of aromatic nitrogens is 2. The van der Waals surface area contributed by atoms with Crippen LogP contribution in [0.25, 0.3) is 10.2 Å². The first-order valence-electron chi connectivity index (χ1n) is 5.42. The molecule has 1 amide bonds. The van der Waals surface area contributed by atoms with Crippen LogP contribution < -0.4 is 5.32 Å². The first-order chi connectivity index (χ1) is 9.11. The summed E-state index contributed by atoms with van der Waals surface area (Å²) in [5, 5.41) is 6.91. The molecule has 0 spiro atoms. The van der Waals surface area contributed by atoms with Crippen LogP contribution in [0.4, 0.5) is 5.13 Å². The highest BCUT2D eigenvalue weighted by atomic mass is 79.9. The molecule has 5 nitrogen and oxygen atoms in total. The summed E-state index contributed by atoms with van der Waals surface area (Å²) in [4.78, 5) is 16.2. The molecular formula is C12H8BrN3O2S. The number of hydrogen-bond donors (Lipinski definition) is 1. The number of halogens is 1. The Balaban J connectivity index is 1.87. The fourth-order valence-electron chi connectivity index (χ4n) is 1.59. The molecule has 96 valence electrons. The molecule has 0 saturated heterocycles. The number of anilines is 1. The van der Waals surface area contributed by atoms with Crippen LogP contribution in [0.3, 0.4) is 0 Å². The zero-order chi connectivity index (χ0) is 13.4. The second-order valence-corrected chi connectivity index (χ2v) is 5.85. The molecule has 0 bridgehead atoms. The molecule has 3 rings (SSSR count). The average Bonchev–Trinajstić information content (AvgIpc) is 2.94. The van der Waals surface area contributed by atoms with E-state index in [2.05, 4.69) is 31.4 Å². The van der Waals surface area contributed by atoms with Crippen molar-refractivity contribution < 1.29 is 9.32 Å². The summed E-state index contributed by atoms with van der Waals surface area (Å²) in [6.07, 6.45) is 0. The molecule has 2 aromatic heterocycles. The number of carbonyl (C=O) groups excluding carboxylic acids is 1. The molecule has 0 radical (unpaired) electrons. The Kier molecular flexibility index (Phi) is 3.08. The maximum absolute atomic E-state index is 11.9. The third-order valence-electron chi connectivity index (χ3n) is 2.43. The number of carbonyl (C=O) groups is 1. The Morgan fingerprint density at radius 3 is 3.00 bits per heavy atom. The van der Waals surface area contributed by atoms with Crippen molar-refractivity contribution in [2.45, 2.75) is 6.92 Å². The highest BCUT2D eigenvalue weighted by molar-refractivity contribution is 9.10. The number of thiazole rings is 1. The second-order valence-electron chi connectivity index (χ2n) is 3.91. The SMILES string of the molecule is Cc1cc(C(=O)Nc2nc3ccc(Br)cc3s2)no1. The van der Waals surface area contributed by atoms with Gasteiger partial charge in [-0.25, -0.2) is 4.98 Å². The first kappa shape index (κ1) is 12.3. The number of hydrogen-bond acceptors (Lipinski definition) is 5. The van der Waals surface area contributed by atoms with E-state index in [1.165, 1.54) is 11.3 Å². The first-order valence-corrected chi connectivity index (χ1v) is 7.03. The molecule has 0 aliphatic carbocycles. The quantitative estimate of drug-likeness (QED) is 0.775. The van der Waals surface area contributed by atoms with Crippen LogP contribution in [0.15, 0.2) is 33.3 Å². The third-order valence-corrected chi connectivity index (χ3v) is 3.86. The molecular weight excluding hydrogens is 330 g/mol. The van der Waals surface area contributed by atoms with Gasteiger partial charge in [-0.2, -0.15) is 0 Å². The number of aryl methyl sites for hydroxylation is 1. The minimum absolute atomic E-state index is 0.248. The molecule has 1 aromatic carbocycles. The smallest absolute Gasteiger partial charge is 0.279 e. The van der Waals surface area contributed by atoms with E-state index in [0.29, 0.717) is 10.9 Å². The van der Waals surface area contributed by atoms with Crippen molar-refractivity contribution in [2.75, 3.05) is 5.32 Å². The van der Waals surface area contributed by atoms with Crippen LogP contribution in [-0.2, 0) is 0 Å². The maximum atomic E-state index is 11.9. The van der Waals surface area contributed by atoms with Crippen LogP contribution >= 0.6 is 27.3 Å². The number of amides is 1. The number of benzene rings is 1. The third kappa shape index (κ3) is 2.52. The summed E-state index contributed by atoms with van der Waals surface area (Å²) in [5.74, 6) is 0.272. The highest BCUT2D eigenvalue weighted by Gasteiger charge is 2.13. The predicted octanol–water partition coefficient (Wildman–Crippen LogP) is 3.61. The zero-order valence-electron chi connectivity index (χ0n) is 9.81. The van der Waals surface area contributed by atoms with Gasteiger partial charge in [0.2, 0.25) is 0 Å². The lowest BCUT2D eigenvalue weighted by atomic mass is 10.3. The largest absolute Gasteiger partial charge is 0.361 e. The Labute approximate surface area is 120 Å². The van der Waals surface area contributed by atoms with Crippen LogP contribution in [0.5, 0.6) is 0 Å². The van der Waals surface area contributed by atoms with Crippen LogP contribution in [0.1, 0.15) is 16.2 Å². The van der Waals surface area contributed by atoms with Crippen molar-refractivity contribution >= 4 is 48.5 Å². The Morgan fingerprint density at radius 2 is 2.26 bits per heavy atom. The Hall–Kier alpha value is -1.73. The maximum Gasteiger partial charge on any atom is 0.279 e. The van der Waals surface area contributed by atoms with Gasteiger partial charge in [0.1, 0.15) is 5.76 Å². The lowest BCUT2D eigenvalue weighted by Crippen LogP contribution is -2.11. The number of nitrogens with zero attached hydrogens (tertiary/aromatic N) is 2. The molecule has 0 aliphatic heterocycles. The van der Waals surface area contributed by atoms with Gasteiger partial charge < -0.3 is 4.52 Å². The summed E-state index contributed by atoms with van der Waals surface area (Å²) in [5.41, 5.74) is 1.10. The van der Waals surface area contributed by atoms with E-state index in [-0.39, 0.29) is 11.6 Å². The minimum Gasteiger partial charge on any atom is -0.361 e. The van der Waals surface area contributed by atoms with Crippen LogP contribution in [0.2, 0.25) is 0 Å². The van der Waals surface area contributed by atoms with E-state index in [0.717, 1.165) is 14.7 Å². The molecule has 3 aromatic rings. The fourth-order valence-corrected chi connectivity index (χ4v) is 3.00. The molecule has 2 heterocycles. The number of nitrogens with one attached hydrogen (secondary N) is 1. The van der Waals surface area contributed by atoms with Crippen LogP contribution in [-0.4, -0.2) is 16.0 Å². The number of fused-ring (bicyclic) bond motifs is 1. The summed E-state index contributed by atoms with van der Waals surface area (Å²) < 4.78 is 6.85. The van der Waals surface area contributed by atoms with Crippen molar-refractivity contribution in [2.24, 2.45) is 0 Å². The van der Waals surface area contributed by atoms with Gasteiger partial charge in [0, 0.05) is 10.5 Å². The highest BCUT2D eigenvalue weighted by Crippen LogP contribution is 2.28. The molecule has 0 unspecified atom stereocenters. The van der Waals surface area contributed by atoms with Gasteiger partial charge in [-0.1, -0.05) is 32.4 Å². The topological polar surface area (TPSA) is 68.0 Å². The predicted molar refractivity (Wildman–Crippen MR) is 76.5 cm³/mol. The van der Waals surface area contributed by atoms with Crippen molar-refractivity contribution in [3.8, 4) is 0 Å². The molecule has 0 fully saturated rings. The van der Waals surface area contributed by atoms with Gasteiger partial charge in [0.05, 0.1) is 10.2 Å². The molecule has 0 atom stereocenters. The molecule has 19 heavy (non-hydrogen) atoms. The lowest BCUT2D eigenvalue weighted by molar-refractivity contribution is 0.101. The van der Waals surface area contributed by atoms with Crippen LogP contribution in [0, 0.1) is 6.92 Å². The summed E-state index contributed by atoms with van der Waals surface area (Å²) in [6.45, 7) is 1.74. The molecule has 0 aliphatic rings. The summed E-state index contributed by atoms with van der Waals surface area (Å²) in [7, 11) is 0. The van der Waals surface area contributed by atoms with Gasteiger partial charge in [0.25, 0.3) is 5.91 Å². The van der Waals surface area contributed by atoms with E-state index in [9.17, 15) is 4.79 Å². The van der Waals surface area contributed by atoms with E-state index < -0.39 is 0 Å². The summed E-state index contributed by atoms with van der Waals surface area (Å²) >= 11 is 4.81. The van der Waals surface area contributed by atoms with Crippen molar-refractivity contribution in [1.82, 2.24) is 10.1 Å². The molecule has 1 N–H and O–H groups in total. The number of rotatable bonds is 2. The zero-order valence-corrected chi connectivity index (χ0v) is 12.2.